The molecule has 0 radical (unpaired) electrons. The largest absolute Gasteiger partial charge is 0.274 e. The van der Waals surface area contributed by atoms with E-state index in [-0.39, 0.29) is 10.6 Å². The third-order valence-electron chi connectivity index (χ3n) is 2.54. The Kier molecular flexibility index (Phi) is 4.62. The van der Waals surface area contributed by atoms with Crippen LogP contribution in [-0.4, -0.2) is 14.3 Å². The second kappa shape index (κ2) is 6.07. The molecule has 0 saturated heterocycles. The molecule has 2 aromatic rings. The Morgan fingerprint density at radius 3 is 2.50 bits per heavy atom. The second-order valence-corrected chi connectivity index (χ2v) is 8.01. The zero-order valence-corrected chi connectivity index (χ0v) is 13.8. The molecule has 0 atom stereocenters. The maximum Gasteiger partial charge on any atom is 0.273 e. The number of halogens is 1. The number of hydrogen-bond acceptors (Lipinski definition) is 4. The van der Waals surface area contributed by atoms with E-state index < -0.39 is 15.9 Å². The standard InChI is InChI=1S/C13H12BrNO3S2/c1-9-2-4-10(5-3-9)6-12(16)15-20(17,18)13-7-11(14)8-19-13/h2-5,7-8H,6H2,1H3,(H,15,16). The highest BCUT2D eigenvalue weighted by molar-refractivity contribution is 9.10. The van der Waals surface area contributed by atoms with Crippen molar-refractivity contribution in [2.45, 2.75) is 17.6 Å². The van der Waals surface area contributed by atoms with Gasteiger partial charge in [0.15, 0.2) is 0 Å². The van der Waals surface area contributed by atoms with Gasteiger partial charge in [0.2, 0.25) is 5.91 Å². The van der Waals surface area contributed by atoms with Crippen molar-refractivity contribution in [1.29, 1.82) is 0 Å². The van der Waals surface area contributed by atoms with Gasteiger partial charge in [-0.05, 0) is 34.5 Å². The molecule has 0 aliphatic rings. The number of thiophene rings is 1. The molecule has 106 valence electrons. The van der Waals surface area contributed by atoms with Gasteiger partial charge in [-0.1, -0.05) is 29.8 Å². The van der Waals surface area contributed by atoms with Crippen molar-refractivity contribution in [1.82, 2.24) is 4.72 Å². The van der Waals surface area contributed by atoms with E-state index in [4.69, 9.17) is 0 Å². The Labute approximate surface area is 130 Å². The average molecular weight is 374 g/mol. The lowest BCUT2D eigenvalue weighted by molar-refractivity contribution is -0.118. The summed E-state index contributed by atoms with van der Waals surface area (Å²) in [5.41, 5.74) is 1.86. The number of amides is 1. The molecule has 1 heterocycles. The van der Waals surface area contributed by atoms with Crippen LogP contribution in [0.25, 0.3) is 0 Å². The third-order valence-corrected chi connectivity index (χ3v) is 6.12. The van der Waals surface area contributed by atoms with Crippen LogP contribution < -0.4 is 4.72 Å². The number of rotatable bonds is 4. The molecule has 0 fully saturated rings. The van der Waals surface area contributed by atoms with Gasteiger partial charge >= 0.3 is 0 Å². The zero-order chi connectivity index (χ0) is 14.8. The number of benzene rings is 1. The van der Waals surface area contributed by atoms with Gasteiger partial charge in [-0.2, -0.15) is 0 Å². The highest BCUT2D eigenvalue weighted by Gasteiger charge is 2.19. The molecule has 4 nitrogen and oxygen atoms in total. The first-order chi connectivity index (χ1) is 9.37. The van der Waals surface area contributed by atoms with Crippen molar-refractivity contribution in [3.05, 3.63) is 51.3 Å². The van der Waals surface area contributed by atoms with Crippen LogP contribution in [0.15, 0.2) is 44.4 Å². The number of sulfonamides is 1. The Hall–Kier alpha value is -1.18. The number of carbonyl (C=O) groups excluding carboxylic acids is 1. The second-order valence-electron chi connectivity index (χ2n) is 4.28. The van der Waals surface area contributed by atoms with Crippen LogP contribution in [0.5, 0.6) is 0 Å². The van der Waals surface area contributed by atoms with Crippen LogP contribution in [0, 0.1) is 6.92 Å². The number of nitrogens with one attached hydrogen (secondary N) is 1. The lowest BCUT2D eigenvalue weighted by Crippen LogP contribution is -2.31. The molecular weight excluding hydrogens is 362 g/mol. The SMILES string of the molecule is Cc1ccc(CC(=O)NS(=O)(=O)c2cc(Br)cs2)cc1. The molecule has 1 aromatic carbocycles. The van der Waals surface area contributed by atoms with Gasteiger partial charge in [-0.3, -0.25) is 4.79 Å². The minimum atomic E-state index is -3.78. The van der Waals surface area contributed by atoms with E-state index in [0.29, 0.717) is 4.47 Å². The first-order valence-electron chi connectivity index (χ1n) is 5.72. The van der Waals surface area contributed by atoms with Gasteiger partial charge in [0.25, 0.3) is 10.0 Å². The molecule has 1 amide bonds. The maximum absolute atomic E-state index is 12.0. The van der Waals surface area contributed by atoms with E-state index in [1.165, 1.54) is 6.07 Å². The highest BCUT2D eigenvalue weighted by atomic mass is 79.9. The van der Waals surface area contributed by atoms with Crippen LogP contribution in [0.3, 0.4) is 0 Å². The molecule has 0 spiro atoms. The maximum atomic E-state index is 12.0. The van der Waals surface area contributed by atoms with Gasteiger partial charge < -0.3 is 0 Å². The van der Waals surface area contributed by atoms with Crippen LogP contribution in [0.4, 0.5) is 0 Å². The number of hydrogen-bond donors (Lipinski definition) is 1. The van der Waals surface area contributed by atoms with Crippen molar-refractivity contribution in [3.8, 4) is 0 Å². The summed E-state index contributed by atoms with van der Waals surface area (Å²) in [5.74, 6) is -0.543. The average Bonchev–Trinajstić information content (AvgIpc) is 2.79. The van der Waals surface area contributed by atoms with Gasteiger partial charge in [0.1, 0.15) is 4.21 Å². The van der Waals surface area contributed by atoms with E-state index >= 15 is 0 Å². The molecule has 0 unspecified atom stereocenters. The molecule has 1 aromatic heterocycles. The molecule has 2 rings (SSSR count). The molecule has 0 aliphatic heterocycles. The smallest absolute Gasteiger partial charge is 0.273 e. The molecule has 20 heavy (non-hydrogen) atoms. The predicted molar refractivity (Wildman–Crippen MR) is 82.2 cm³/mol. The van der Waals surface area contributed by atoms with Crippen molar-refractivity contribution in [3.63, 3.8) is 0 Å². The summed E-state index contributed by atoms with van der Waals surface area (Å²) in [5, 5.41) is 1.65. The van der Waals surface area contributed by atoms with E-state index in [1.54, 1.807) is 5.38 Å². The topological polar surface area (TPSA) is 63.2 Å². The van der Waals surface area contributed by atoms with Crippen molar-refractivity contribution in [2.24, 2.45) is 0 Å². The monoisotopic (exact) mass is 373 g/mol. The minimum Gasteiger partial charge on any atom is -0.274 e. The van der Waals surface area contributed by atoms with E-state index in [0.717, 1.165) is 22.5 Å². The summed E-state index contributed by atoms with van der Waals surface area (Å²) in [6, 6.07) is 8.85. The Morgan fingerprint density at radius 1 is 1.30 bits per heavy atom. The fraction of sp³-hybridized carbons (Fsp3) is 0.154. The molecule has 7 heteroatoms. The third kappa shape index (κ3) is 3.91. The van der Waals surface area contributed by atoms with Gasteiger partial charge in [-0.15, -0.1) is 11.3 Å². The fourth-order valence-electron chi connectivity index (χ4n) is 1.56. The van der Waals surface area contributed by atoms with Crippen molar-refractivity contribution < 1.29 is 13.2 Å². The molecule has 0 bridgehead atoms. The predicted octanol–water partition coefficient (Wildman–Crippen LogP) is 2.87. The lowest BCUT2D eigenvalue weighted by atomic mass is 10.1. The lowest BCUT2D eigenvalue weighted by Gasteiger charge is -2.05. The Morgan fingerprint density at radius 2 is 1.95 bits per heavy atom. The summed E-state index contributed by atoms with van der Waals surface area (Å²) >= 11 is 4.24. The normalized spacial score (nSPS) is 11.3. The molecule has 0 aliphatic carbocycles. The van der Waals surface area contributed by atoms with E-state index in [9.17, 15) is 13.2 Å². The van der Waals surface area contributed by atoms with Crippen molar-refractivity contribution in [2.75, 3.05) is 0 Å². The quantitative estimate of drug-likeness (QED) is 0.895. The van der Waals surface area contributed by atoms with E-state index in [1.807, 2.05) is 31.2 Å². The summed E-state index contributed by atoms with van der Waals surface area (Å²) in [4.78, 5) is 11.8. The molecule has 1 N–H and O–H groups in total. The highest BCUT2D eigenvalue weighted by Crippen LogP contribution is 2.23. The fourth-order valence-corrected chi connectivity index (χ4v) is 4.40. The summed E-state index contributed by atoms with van der Waals surface area (Å²) in [6.45, 7) is 1.95. The van der Waals surface area contributed by atoms with Crippen molar-refractivity contribution >= 4 is 43.2 Å². The molecule has 0 saturated carbocycles. The summed E-state index contributed by atoms with van der Waals surface area (Å²) in [7, 11) is -3.78. The minimum absolute atomic E-state index is 0.0338. The Balaban J connectivity index is 2.06. The number of aryl methyl sites for hydroxylation is 1. The van der Waals surface area contributed by atoms with Gasteiger partial charge in [-0.25, -0.2) is 13.1 Å². The Bertz CT molecular complexity index is 720. The van der Waals surface area contributed by atoms with Crippen LogP contribution in [-0.2, 0) is 21.2 Å². The van der Waals surface area contributed by atoms with Crippen LogP contribution >= 0.6 is 27.3 Å². The first-order valence-corrected chi connectivity index (χ1v) is 8.87. The number of carbonyl (C=O) groups is 1. The van der Waals surface area contributed by atoms with Gasteiger partial charge in [0, 0.05) is 9.85 Å². The zero-order valence-electron chi connectivity index (χ0n) is 10.6. The van der Waals surface area contributed by atoms with E-state index in [2.05, 4.69) is 20.7 Å². The summed E-state index contributed by atoms with van der Waals surface area (Å²) < 4.78 is 26.8. The van der Waals surface area contributed by atoms with Crippen LogP contribution in [0.2, 0.25) is 0 Å². The van der Waals surface area contributed by atoms with Gasteiger partial charge in [0.05, 0.1) is 6.42 Å². The molecular formula is C13H12BrNO3S2. The first kappa shape index (κ1) is 15.2. The van der Waals surface area contributed by atoms with Crippen LogP contribution in [0.1, 0.15) is 11.1 Å². The summed E-state index contributed by atoms with van der Waals surface area (Å²) in [6.07, 6.45) is 0.0338.